The Kier molecular flexibility index (Phi) is 8.00. The molecule has 0 unspecified atom stereocenters. The Morgan fingerprint density at radius 1 is 0.812 bits per heavy atom. The van der Waals surface area contributed by atoms with Gasteiger partial charge in [0.05, 0.1) is 23.7 Å². The van der Waals surface area contributed by atoms with Gasteiger partial charge in [-0.05, 0) is 42.5 Å². The lowest BCUT2D eigenvalue weighted by Gasteiger charge is -2.33. The average Bonchev–Trinajstić information content (AvgIpc) is 2.72. The number of carbonyl (C=O) groups excluding carboxylic acids is 2. The number of piperazine rings is 1. The molecule has 2 amide bonds. The molecular formula is C21H21Cl2F3N4O2. The molecule has 2 aromatic rings. The number of halogens is 5. The lowest BCUT2D eigenvalue weighted by atomic mass is 10.2. The molecule has 0 bridgehead atoms. The second-order valence-electron chi connectivity index (χ2n) is 7.35. The molecule has 172 valence electrons. The van der Waals surface area contributed by atoms with Crippen molar-refractivity contribution in [1.82, 2.24) is 9.80 Å². The van der Waals surface area contributed by atoms with Gasteiger partial charge in [0.2, 0.25) is 11.8 Å². The van der Waals surface area contributed by atoms with Crippen molar-refractivity contribution in [2.75, 3.05) is 49.9 Å². The number of nitrogens with zero attached hydrogens (tertiary/aromatic N) is 2. The monoisotopic (exact) mass is 488 g/mol. The third-order valence-electron chi connectivity index (χ3n) is 4.88. The fourth-order valence-electron chi connectivity index (χ4n) is 3.27. The van der Waals surface area contributed by atoms with Crippen LogP contribution in [-0.4, -0.2) is 60.9 Å². The maximum Gasteiger partial charge on any atom is 0.417 e. The van der Waals surface area contributed by atoms with E-state index in [0.29, 0.717) is 36.9 Å². The molecule has 3 rings (SSSR count). The highest BCUT2D eigenvalue weighted by molar-refractivity contribution is 6.31. The van der Waals surface area contributed by atoms with Gasteiger partial charge in [0.15, 0.2) is 0 Å². The number of nitrogens with one attached hydrogen (secondary N) is 2. The molecule has 0 radical (unpaired) electrons. The van der Waals surface area contributed by atoms with Crippen LogP contribution in [0.3, 0.4) is 0 Å². The Bertz CT molecular complexity index is 963. The highest BCUT2D eigenvalue weighted by atomic mass is 35.5. The van der Waals surface area contributed by atoms with Crippen LogP contribution in [0.1, 0.15) is 5.56 Å². The van der Waals surface area contributed by atoms with Crippen molar-refractivity contribution in [3.8, 4) is 0 Å². The van der Waals surface area contributed by atoms with Crippen LogP contribution in [0.25, 0.3) is 0 Å². The number of carbonyl (C=O) groups is 2. The predicted octanol–water partition coefficient (Wildman–Crippen LogP) is 4.21. The topological polar surface area (TPSA) is 64.7 Å². The van der Waals surface area contributed by atoms with Crippen LogP contribution in [-0.2, 0) is 15.8 Å². The Labute approximate surface area is 193 Å². The zero-order valence-corrected chi connectivity index (χ0v) is 18.4. The molecule has 32 heavy (non-hydrogen) atoms. The maximum atomic E-state index is 13.0. The van der Waals surface area contributed by atoms with Gasteiger partial charge in [0.25, 0.3) is 0 Å². The van der Waals surface area contributed by atoms with E-state index in [1.165, 1.54) is 6.07 Å². The van der Waals surface area contributed by atoms with E-state index in [1.807, 2.05) is 9.80 Å². The third-order valence-corrected chi connectivity index (χ3v) is 5.46. The van der Waals surface area contributed by atoms with Gasteiger partial charge in [-0.15, -0.1) is 0 Å². The van der Waals surface area contributed by atoms with E-state index in [1.54, 1.807) is 24.3 Å². The number of alkyl halides is 3. The molecule has 11 heteroatoms. The van der Waals surface area contributed by atoms with E-state index < -0.39 is 22.7 Å². The Morgan fingerprint density at radius 3 is 1.78 bits per heavy atom. The Morgan fingerprint density at radius 2 is 1.28 bits per heavy atom. The lowest BCUT2D eigenvalue weighted by molar-refractivity contribution is -0.137. The molecule has 1 aliphatic rings. The molecule has 2 N–H and O–H groups in total. The number of rotatable bonds is 6. The molecule has 0 aromatic heterocycles. The molecule has 1 saturated heterocycles. The first-order valence-electron chi connectivity index (χ1n) is 9.77. The summed E-state index contributed by atoms with van der Waals surface area (Å²) in [6.45, 7) is 2.52. The summed E-state index contributed by atoms with van der Waals surface area (Å²) < 4.78 is 38.9. The average molecular weight is 489 g/mol. The van der Waals surface area contributed by atoms with Crippen LogP contribution in [0.2, 0.25) is 10.0 Å². The quantitative estimate of drug-likeness (QED) is 0.639. The minimum atomic E-state index is -4.60. The summed E-state index contributed by atoms with van der Waals surface area (Å²) in [5.74, 6) is -0.573. The summed E-state index contributed by atoms with van der Waals surface area (Å²) in [5.41, 5.74) is -0.308. The van der Waals surface area contributed by atoms with Crippen LogP contribution in [0.5, 0.6) is 0 Å². The van der Waals surface area contributed by atoms with Crippen molar-refractivity contribution >= 4 is 46.4 Å². The maximum absolute atomic E-state index is 13.0. The predicted molar refractivity (Wildman–Crippen MR) is 118 cm³/mol. The molecule has 0 aliphatic carbocycles. The number of amides is 2. The normalized spacial score (nSPS) is 15.4. The van der Waals surface area contributed by atoms with E-state index in [9.17, 15) is 22.8 Å². The SMILES string of the molecule is O=C(CN1CCN(CC(=O)Nc2ccc(Cl)c(C(F)(F)F)c2)CC1)Nc1ccc(Cl)cc1. The van der Waals surface area contributed by atoms with Gasteiger partial charge in [0.1, 0.15) is 0 Å². The van der Waals surface area contributed by atoms with E-state index in [2.05, 4.69) is 10.6 Å². The van der Waals surface area contributed by atoms with Gasteiger partial charge >= 0.3 is 6.18 Å². The summed E-state index contributed by atoms with van der Waals surface area (Å²) in [4.78, 5) is 28.3. The van der Waals surface area contributed by atoms with Crippen molar-refractivity contribution < 1.29 is 22.8 Å². The van der Waals surface area contributed by atoms with Crippen molar-refractivity contribution in [2.45, 2.75) is 6.18 Å². The fourth-order valence-corrected chi connectivity index (χ4v) is 3.62. The van der Waals surface area contributed by atoms with Crippen molar-refractivity contribution in [3.63, 3.8) is 0 Å². The first-order valence-corrected chi connectivity index (χ1v) is 10.5. The zero-order valence-electron chi connectivity index (χ0n) is 16.9. The first-order chi connectivity index (χ1) is 15.1. The highest BCUT2D eigenvalue weighted by Crippen LogP contribution is 2.36. The molecule has 1 aliphatic heterocycles. The Balaban J connectivity index is 1.43. The van der Waals surface area contributed by atoms with Crippen LogP contribution < -0.4 is 10.6 Å². The smallest absolute Gasteiger partial charge is 0.325 e. The van der Waals surface area contributed by atoms with Crippen LogP contribution in [0.15, 0.2) is 42.5 Å². The minimum Gasteiger partial charge on any atom is -0.325 e. The summed E-state index contributed by atoms with van der Waals surface area (Å²) >= 11 is 11.4. The summed E-state index contributed by atoms with van der Waals surface area (Å²) in [5, 5.41) is 5.44. The Hall–Kier alpha value is -2.33. The first kappa shape index (κ1) is 24.3. The zero-order chi connectivity index (χ0) is 23.3. The molecular weight excluding hydrogens is 468 g/mol. The number of benzene rings is 2. The summed E-state index contributed by atoms with van der Waals surface area (Å²) in [6.07, 6.45) is -4.60. The standard InChI is InChI=1S/C21H21Cl2F3N4O2/c22-14-1-3-15(4-2-14)27-19(31)12-29-7-9-30(10-8-29)13-20(32)28-16-5-6-18(23)17(11-16)21(24,25)26/h1-6,11H,7-10,12-13H2,(H,27,31)(H,28,32). The third kappa shape index (κ3) is 7.09. The number of anilines is 2. The van der Waals surface area contributed by atoms with E-state index in [-0.39, 0.29) is 24.7 Å². The van der Waals surface area contributed by atoms with Gasteiger partial charge in [-0.2, -0.15) is 13.2 Å². The largest absolute Gasteiger partial charge is 0.417 e. The molecule has 0 saturated carbocycles. The molecule has 6 nitrogen and oxygen atoms in total. The van der Waals surface area contributed by atoms with Crippen molar-refractivity contribution in [2.24, 2.45) is 0 Å². The van der Waals surface area contributed by atoms with Crippen LogP contribution in [0, 0.1) is 0 Å². The van der Waals surface area contributed by atoms with Gasteiger partial charge in [-0.25, -0.2) is 0 Å². The van der Waals surface area contributed by atoms with Crippen LogP contribution in [0.4, 0.5) is 24.5 Å². The van der Waals surface area contributed by atoms with Crippen molar-refractivity contribution in [1.29, 1.82) is 0 Å². The number of hydrogen-bond donors (Lipinski definition) is 2. The van der Waals surface area contributed by atoms with E-state index >= 15 is 0 Å². The molecule has 1 heterocycles. The van der Waals surface area contributed by atoms with Gasteiger partial charge in [0, 0.05) is 42.6 Å². The number of hydrogen-bond acceptors (Lipinski definition) is 4. The summed E-state index contributed by atoms with van der Waals surface area (Å²) in [6, 6.07) is 10.1. The van der Waals surface area contributed by atoms with Gasteiger partial charge < -0.3 is 10.6 Å². The molecule has 1 fully saturated rings. The van der Waals surface area contributed by atoms with E-state index in [0.717, 1.165) is 12.1 Å². The van der Waals surface area contributed by atoms with Crippen molar-refractivity contribution in [3.05, 3.63) is 58.1 Å². The lowest BCUT2D eigenvalue weighted by Crippen LogP contribution is -2.50. The summed E-state index contributed by atoms with van der Waals surface area (Å²) in [7, 11) is 0. The van der Waals surface area contributed by atoms with Gasteiger partial charge in [-0.3, -0.25) is 19.4 Å². The fraction of sp³-hybridized carbons (Fsp3) is 0.333. The second-order valence-corrected chi connectivity index (χ2v) is 8.19. The second kappa shape index (κ2) is 10.5. The van der Waals surface area contributed by atoms with Crippen LogP contribution >= 0.6 is 23.2 Å². The molecule has 0 spiro atoms. The molecule has 2 aromatic carbocycles. The minimum absolute atomic E-state index is 0.0317. The van der Waals surface area contributed by atoms with Gasteiger partial charge in [-0.1, -0.05) is 23.2 Å². The molecule has 0 atom stereocenters. The highest BCUT2D eigenvalue weighted by Gasteiger charge is 2.33. The van der Waals surface area contributed by atoms with E-state index in [4.69, 9.17) is 23.2 Å².